The predicted molar refractivity (Wildman–Crippen MR) is 291 cm³/mol. The minimum Gasteiger partial charge on any atom is -0.544 e. The number of hydrogen-bond donors (Lipinski definition) is 0. The highest BCUT2D eigenvalue weighted by Crippen LogP contribution is 2.17. The standard InChI is InChI=1S/C61H109NO7/c1-6-8-10-12-14-16-18-20-22-24-26-28-30-32-33-35-37-39-41-43-45-47-49-51-59(63)68-56-57(55-67-54-53-58(61(65)66)62(3,4)5)69-60(64)52-50-48-46-44-42-40-38-36-34-31-29-27-25-23-21-19-17-15-13-11-9-7-2/h9,11,15,17,21,23,27,29,34,36,57-58H,6-8,10,12-14,16,18-20,22,24-26,28,30-33,35,37-56H2,1-5H3/b11-9+,17-15+,23-21+,29-27+,36-34+. The zero-order valence-corrected chi connectivity index (χ0v) is 45.7. The Labute approximate surface area is 426 Å². The second-order valence-corrected chi connectivity index (χ2v) is 20.5. The van der Waals surface area contributed by atoms with E-state index in [0.29, 0.717) is 12.8 Å². The second-order valence-electron chi connectivity index (χ2n) is 20.5. The Bertz CT molecular complexity index is 1310. The first-order valence-corrected chi connectivity index (χ1v) is 28.8. The number of ether oxygens (including phenoxy) is 3. The molecule has 0 saturated heterocycles. The molecule has 0 aromatic carbocycles. The van der Waals surface area contributed by atoms with Crippen LogP contribution in [0.3, 0.4) is 0 Å². The predicted octanol–water partition coefficient (Wildman–Crippen LogP) is 15.9. The highest BCUT2D eigenvalue weighted by Gasteiger charge is 2.25. The molecule has 0 heterocycles. The molecule has 0 aromatic rings. The molecule has 0 rings (SSSR count). The molecule has 0 radical (unpaired) electrons. The number of carboxylic acid groups (broad SMARTS) is 1. The molecular formula is C61H109NO7. The molecule has 0 spiro atoms. The Hall–Kier alpha value is -2.97. The van der Waals surface area contributed by atoms with Crippen LogP contribution in [-0.2, 0) is 28.6 Å². The number of rotatable bonds is 52. The summed E-state index contributed by atoms with van der Waals surface area (Å²) in [4.78, 5) is 37.2. The maximum atomic E-state index is 12.8. The lowest BCUT2D eigenvalue weighted by Gasteiger charge is -2.34. The summed E-state index contributed by atoms with van der Waals surface area (Å²) < 4.78 is 17.3. The third-order valence-corrected chi connectivity index (χ3v) is 12.9. The minimum atomic E-state index is -1.13. The number of unbranched alkanes of at least 4 members (excludes halogenated alkanes) is 28. The molecule has 2 atom stereocenters. The van der Waals surface area contributed by atoms with Gasteiger partial charge in [-0.2, -0.15) is 0 Å². The van der Waals surface area contributed by atoms with Crippen LogP contribution >= 0.6 is 0 Å². The first kappa shape index (κ1) is 66.0. The van der Waals surface area contributed by atoms with Gasteiger partial charge >= 0.3 is 11.9 Å². The van der Waals surface area contributed by atoms with Crippen molar-refractivity contribution in [1.82, 2.24) is 0 Å². The zero-order valence-electron chi connectivity index (χ0n) is 45.7. The average Bonchev–Trinajstić information content (AvgIpc) is 3.31. The van der Waals surface area contributed by atoms with E-state index in [0.717, 1.165) is 83.5 Å². The van der Waals surface area contributed by atoms with Crippen molar-refractivity contribution in [2.45, 2.75) is 270 Å². The third-order valence-electron chi connectivity index (χ3n) is 12.9. The maximum Gasteiger partial charge on any atom is 0.306 e. The monoisotopic (exact) mass is 968 g/mol. The fourth-order valence-corrected chi connectivity index (χ4v) is 8.51. The number of nitrogens with zero attached hydrogens (tertiary/aromatic N) is 1. The van der Waals surface area contributed by atoms with E-state index in [4.69, 9.17) is 14.2 Å². The van der Waals surface area contributed by atoms with Crippen molar-refractivity contribution < 1.29 is 38.2 Å². The summed E-state index contributed by atoms with van der Waals surface area (Å²) in [5.41, 5.74) is 0. The fourth-order valence-electron chi connectivity index (χ4n) is 8.51. The van der Waals surface area contributed by atoms with Gasteiger partial charge in [-0.15, -0.1) is 0 Å². The number of carbonyl (C=O) groups is 3. The van der Waals surface area contributed by atoms with Crippen LogP contribution in [0.4, 0.5) is 0 Å². The van der Waals surface area contributed by atoms with E-state index in [1.165, 1.54) is 141 Å². The first-order valence-electron chi connectivity index (χ1n) is 28.8. The van der Waals surface area contributed by atoms with Crippen LogP contribution in [0, 0.1) is 0 Å². The van der Waals surface area contributed by atoms with Crippen LogP contribution in [0.15, 0.2) is 60.8 Å². The molecule has 400 valence electrons. The lowest BCUT2D eigenvalue weighted by atomic mass is 10.0. The number of likely N-dealkylation sites (N-methyl/N-ethyl adjacent to an activating group) is 1. The van der Waals surface area contributed by atoms with Gasteiger partial charge in [-0.1, -0.05) is 242 Å². The van der Waals surface area contributed by atoms with Crippen LogP contribution in [0.25, 0.3) is 0 Å². The van der Waals surface area contributed by atoms with Crippen molar-refractivity contribution in [3.05, 3.63) is 60.8 Å². The highest BCUT2D eigenvalue weighted by molar-refractivity contribution is 5.70. The molecule has 0 fully saturated rings. The number of hydrogen-bond acceptors (Lipinski definition) is 7. The van der Waals surface area contributed by atoms with Crippen LogP contribution in [0.1, 0.15) is 258 Å². The van der Waals surface area contributed by atoms with Crippen molar-refractivity contribution in [3.8, 4) is 0 Å². The van der Waals surface area contributed by atoms with E-state index in [1.54, 1.807) is 21.1 Å². The number of allylic oxidation sites excluding steroid dienone is 10. The molecule has 0 aliphatic carbocycles. The number of carboxylic acids is 1. The topological polar surface area (TPSA) is 102 Å². The lowest BCUT2D eigenvalue weighted by molar-refractivity contribution is -0.889. The summed E-state index contributed by atoms with van der Waals surface area (Å²) in [5, 5.41) is 11.7. The van der Waals surface area contributed by atoms with Gasteiger partial charge in [0.1, 0.15) is 12.6 Å². The number of esters is 2. The van der Waals surface area contributed by atoms with Gasteiger partial charge in [-0.3, -0.25) is 9.59 Å². The van der Waals surface area contributed by atoms with Crippen LogP contribution < -0.4 is 5.11 Å². The van der Waals surface area contributed by atoms with Gasteiger partial charge in [0.2, 0.25) is 0 Å². The Kier molecular flexibility index (Phi) is 49.2. The van der Waals surface area contributed by atoms with E-state index < -0.39 is 18.1 Å². The molecule has 0 saturated carbocycles. The van der Waals surface area contributed by atoms with Crippen molar-refractivity contribution in [2.75, 3.05) is 41.0 Å². The van der Waals surface area contributed by atoms with Gasteiger partial charge in [0.05, 0.1) is 40.3 Å². The van der Waals surface area contributed by atoms with Crippen molar-refractivity contribution in [3.63, 3.8) is 0 Å². The Morgan fingerprint density at radius 2 is 0.812 bits per heavy atom. The molecule has 0 aliphatic rings. The summed E-state index contributed by atoms with van der Waals surface area (Å²) in [7, 11) is 5.42. The van der Waals surface area contributed by atoms with Gasteiger partial charge in [0, 0.05) is 19.3 Å². The van der Waals surface area contributed by atoms with E-state index in [9.17, 15) is 19.5 Å². The largest absolute Gasteiger partial charge is 0.544 e. The van der Waals surface area contributed by atoms with E-state index >= 15 is 0 Å². The molecule has 0 N–H and O–H groups in total. The average molecular weight is 969 g/mol. The summed E-state index contributed by atoms with van der Waals surface area (Å²) >= 11 is 0. The normalized spacial score (nSPS) is 13.2. The Morgan fingerprint density at radius 1 is 0.449 bits per heavy atom. The Morgan fingerprint density at radius 3 is 1.20 bits per heavy atom. The summed E-state index contributed by atoms with van der Waals surface area (Å²) in [5.74, 6) is -1.74. The zero-order chi connectivity index (χ0) is 50.6. The molecule has 0 amide bonds. The van der Waals surface area contributed by atoms with Crippen molar-refractivity contribution in [1.29, 1.82) is 0 Å². The van der Waals surface area contributed by atoms with Crippen LogP contribution in [-0.4, -0.2) is 75.5 Å². The number of aliphatic carboxylic acids is 1. The van der Waals surface area contributed by atoms with Crippen molar-refractivity contribution >= 4 is 17.9 Å². The first-order chi connectivity index (χ1) is 33.6. The van der Waals surface area contributed by atoms with Crippen LogP contribution in [0.2, 0.25) is 0 Å². The molecular weight excluding hydrogens is 859 g/mol. The smallest absolute Gasteiger partial charge is 0.306 e. The molecule has 69 heavy (non-hydrogen) atoms. The summed E-state index contributed by atoms with van der Waals surface area (Å²) in [6.45, 7) is 4.57. The van der Waals surface area contributed by atoms with Gasteiger partial charge in [-0.05, 0) is 57.8 Å². The maximum absolute atomic E-state index is 12.8. The van der Waals surface area contributed by atoms with Gasteiger partial charge < -0.3 is 28.6 Å². The molecule has 8 heteroatoms. The summed E-state index contributed by atoms with van der Waals surface area (Å²) in [6, 6.07) is -0.731. The highest BCUT2D eigenvalue weighted by atomic mass is 16.6. The quantitative estimate of drug-likeness (QED) is 0.0259. The summed E-state index contributed by atoms with van der Waals surface area (Å²) in [6.07, 6.45) is 65.5. The number of quaternary nitrogens is 1. The molecule has 2 unspecified atom stereocenters. The third kappa shape index (κ3) is 49.8. The lowest BCUT2D eigenvalue weighted by Crippen LogP contribution is -2.55. The van der Waals surface area contributed by atoms with E-state index in [2.05, 4.69) is 74.6 Å². The minimum absolute atomic E-state index is 0.0350. The van der Waals surface area contributed by atoms with Crippen LogP contribution in [0.5, 0.6) is 0 Å². The fraction of sp³-hybridized carbons (Fsp3) is 0.787. The van der Waals surface area contributed by atoms with Gasteiger partial charge in [0.25, 0.3) is 0 Å². The van der Waals surface area contributed by atoms with Gasteiger partial charge in [-0.25, -0.2) is 0 Å². The molecule has 8 nitrogen and oxygen atoms in total. The van der Waals surface area contributed by atoms with E-state index in [1.807, 2.05) is 0 Å². The molecule has 0 bridgehead atoms. The van der Waals surface area contributed by atoms with E-state index in [-0.39, 0.29) is 42.7 Å². The number of carbonyl (C=O) groups excluding carboxylic acids is 3. The Balaban J connectivity index is 4.18. The molecule has 0 aromatic heterocycles. The SMILES string of the molecule is CC/C=C/C/C=C/C/C=C/C/C=C/C/C=C/CCCCCCCCC(=O)OC(COCCC(C(=O)[O-])[N+](C)(C)C)COC(=O)CCCCCCCCCCCCCCCCCCCCCCCCC. The van der Waals surface area contributed by atoms with Gasteiger partial charge in [0.15, 0.2) is 6.10 Å². The van der Waals surface area contributed by atoms with Crippen molar-refractivity contribution in [2.24, 2.45) is 0 Å². The molecule has 0 aliphatic heterocycles. The second kappa shape index (κ2) is 51.4.